The van der Waals surface area contributed by atoms with Crippen molar-refractivity contribution >= 4 is 11.9 Å². The van der Waals surface area contributed by atoms with E-state index in [-0.39, 0.29) is 65.4 Å². The number of carbonyl (C=O) groups excluding carboxylic acids is 2. The second kappa shape index (κ2) is 12.7. The third-order valence-electron chi connectivity index (χ3n) is 5.64. The molecule has 2 atom stereocenters. The van der Waals surface area contributed by atoms with Crippen LogP contribution in [-0.2, 0) is 87.7 Å². The zero-order valence-electron chi connectivity index (χ0n) is 20.0. The molecule has 0 aromatic heterocycles. The summed E-state index contributed by atoms with van der Waals surface area (Å²) in [7, 11) is 0. The molecule has 1 aliphatic carbocycles. The first kappa shape index (κ1) is 29.0. The Kier molecular flexibility index (Phi) is 10.8. The van der Waals surface area contributed by atoms with E-state index in [0.29, 0.717) is 24.0 Å². The van der Waals surface area contributed by atoms with Crippen molar-refractivity contribution in [3.63, 3.8) is 0 Å². The van der Waals surface area contributed by atoms with Gasteiger partial charge in [0.05, 0.1) is 0 Å². The normalized spacial score (nSPS) is 16.4. The predicted octanol–water partition coefficient (Wildman–Crippen LogP) is 5.07. The van der Waals surface area contributed by atoms with Gasteiger partial charge in [-0.05, 0) is 22.3 Å². The summed E-state index contributed by atoms with van der Waals surface area (Å²) < 4.78 is 11.8. The quantitative estimate of drug-likeness (QED) is 0.309. The van der Waals surface area contributed by atoms with Gasteiger partial charge in [-0.3, -0.25) is 0 Å². The summed E-state index contributed by atoms with van der Waals surface area (Å²) in [6.07, 6.45) is -0.137. The molecule has 4 rings (SSSR count). The zero-order chi connectivity index (χ0) is 22.8. The van der Waals surface area contributed by atoms with E-state index in [0.717, 1.165) is 33.4 Å². The molecule has 3 aromatic rings. The molecule has 0 fully saturated rings. The van der Waals surface area contributed by atoms with Gasteiger partial charge in [0.2, 0.25) is 0 Å². The molecule has 0 bridgehead atoms. The molecule has 1 aliphatic rings. The number of carbonyl (C=O) groups is 2. The molecule has 0 saturated heterocycles. The molecule has 2 radical (unpaired) electrons. The van der Waals surface area contributed by atoms with Crippen LogP contribution in [-0.4, -0.2) is 24.1 Å². The topological polar surface area (TPSA) is 52.6 Å². The van der Waals surface area contributed by atoms with Crippen LogP contribution in [0.2, 0.25) is 0 Å². The van der Waals surface area contributed by atoms with E-state index in [1.165, 1.54) is 0 Å². The number of hydrogen-bond acceptors (Lipinski definition) is 4. The molecule has 0 unspecified atom stereocenters. The second-order valence-corrected chi connectivity index (χ2v) is 8.53. The summed E-state index contributed by atoms with van der Waals surface area (Å²) in [5.74, 6) is -0.840. The second-order valence-electron chi connectivity index (χ2n) is 8.53. The van der Waals surface area contributed by atoms with Gasteiger partial charge in [0.25, 0.3) is 0 Å². The summed E-state index contributed by atoms with van der Waals surface area (Å²) >= 11 is 0. The summed E-state index contributed by atoms with van der Waals surface area (Å²) in [5, 5.41) is 0. The maximum atomic E-state index is 12.9. The van der Waals surface area contributed by atoms with Crippen molar-refractivity contribution in [1.82, 2.24) is 0 Å². The Balaban J connectivity index is 0.00000204. The number of ether oxygens (including phenoxy) is 2. The molecule has 0 spiro atoms. The molecule has 0 amide bonds. The van der Waals surface area contributed by atoms with Crippen molar-refractivity contribution in [3.05, 3.63) is 105 Å². The van der Waals surface area contributed by atoms with Crippen LogP contribution in [0.3, 0.4) is 0 Å². The van der Waals surface area contributed by atoms with Crippen LogP contribution >= 0.6 is 0 Å². The average molecular weight is 604 g/mol. The fourth-order valence-electron chi connectivity index (χ4n) is 4.32. The molecule has 0 saturated carbocycles. The Hall–Kier alpha value is -1.19. The van der Waals surface area contributed by atoms with Gasteiger partial charge < -0.3 is 9.47 Å². The van der Waals surface area contributed by atoms with E-state index in [1.807, 2.05) is 52.0 Å². The molecule has 4 nitrogen and oxygen atoms in total. The third kappa shape index (κ3) is 7.17. The summed E-state index contributed by atoms with van der Waals surface area (Å²) in [4.78, 5) is 25.9. The number of aryl methyl sites for hydroxylation is 4. The molecule has 0 aliphatic heterocycles. The Morgan fingerprint density at radius 1 is 0.676 bits per heavy atom. The van der Waals surface area contributed by atoms with Crippen LogP contribution in [0.5, 0.6) is 0 Å². The Morgan fingerprint density at radius 2 is 1.00 bits per heavy atom. The van der Waals surface area contributed by atoms with Gasteiger partial charge >= 0.3 is 11.9 Å². The number of hydrogen-bond donors (Lipinski definition) is 0. The van der Waals surface area contributed by atoms with Crippen molar-refractivity contribution in [2.45, 2.75) is 52.7 Å². The summed E-state index contributed by atoms with van der Waals surface area (Å²) in [6.45, 7) is 7.58. The third-order valence-corrected chi connectivity index (χ3v) is 5.64. The van der Waals surface area contributed by atoms with Crippen molar-refractivity contribution in [1.29, 1.82) is 0 Å². The maximum absolute atomic E-state index is 12.9. The van der Waals surface area contributed by atoms with Gasteiger partial charge in [0, 0.05) is 78.3 Å². The Morgan fingerprint density at radius 3 is 1.32 bits per heavy atom. The van der Waals surface area contributed by atoms with E-state index >= 15 is 0 Å². The Bertz CT molecular complexity index is 1060. The first-order valence-corrected chi connectivity index (χ1v) is 10.8. The van der Waals surface area contributed by atoms with Crippen LogP contribution in [0.1, 0.15) is 54.1 Å². The molecule has 0 N–H and O–H groups in total. The molecule has 6 heteroatoms. The minimum absolute atomic E-state index is 0. The van der Waals surface area contributed by atoms with Crippen LogP contribution < -0.4 is 0 Å². The monoisotopic (exact) mass is 604 g/mol. The summed E-state index contributed by atoms with van der Waals surface area (Å²) in [5.41, 5.74) is 6.67. The standard InChI is InChI=1S/C28H26O4.2Y/c1-17-9-18(2)12-23(11-17)27(29)31-25-15-21-7-5-6-8-22(21)16-26(25)32-28(30)24-13-19(3)10-20(4)14-24;;/h5-8,11-14,25-26H,15-16H2,1-4H3;;/q-2;;/t25-,26+;;. The fourth-order valence-corrected chi connectivity index (χ4v) is 4.32. The zero-order valence-corrected chi connectivity index (χ0v) is 25.7. The first-order chi connectivity index (χ1) is 15.3. The first-order valence-electron chi connectivity index (χ1n) is 10.8. The number of rotatable bonds is 4. The molecule has 3 aromatic carbocycles. The van der Waals surface area contributed by atoms with E-state index < -0.39 is 24.1 Å². The van der Waals surface area contributed by atoms with Crippen LogP contribution in [0.15, 0.2) is 48.5 Å². The summed E-state index contributed by atoms with van der Waals surface area (Å²) in [6, 6.07) is 21.4. The van der Waals surface area contributed by atoms with Crippen molar-refractivity contribution < 1.29 is 84.5 Å². The van der Waals surface area contributed by atoms with Crippen LogP contribution in [0.4, 0.5) is 0 Å². The Labute approximate surface area is 252 Å². The van der Waals surface area contributed by atoms with Gasteiger partial charge in [0.1, 0.15) is 12.2 Å². The van der Waals surface area contributed by atoms with E-state index in [9.17, 15) is 9.59 Å². The van der Waals surface area contributed by atoms with E-state index in [4.69, 9.17) is 9.47 Å². The molecule has 34 heavy (non-hydrogen) atoms. The molecular formula is C28H26O4Y2-2. The van der Waals surface area contributed by atoms with Crippen molar-refractivity contribution in [2.24, 2.45) is 0 Å². The van der Waals surface area contributed by atoms with Crippen molar-refractivity contribution in [3.8, 4) is 0 Å². The maximum Gasteiger partial charge on any atom is 0.313 e. The van der Waals surface area contributed by atoms with Gasteiger partial charge in [-0.15, -0.1) is 0 Å². The SMILES string of the molecule is Cc1[c-]c(C)cc(C(=O)O[C@H]2Cc3ccccc3C[C@H]2OC(=O)c2cc(C)[c-]c(C)c2)c1.[Y].[Y]. The van der Waals surface area contributed by atoms with Gasteiger partial charge in [-0.2, -0.15) is 58.7 Å². The number of fused-ring (bicyclic) bond motifs is 1. The fraction of sp³-hybridized carbons (Fsp3) is 0.286. The van der Waals surface area contributed by atoms with Gasteiger partial charge in [-0.25, -0.2) is 9.59 Å². The molecule has 0 heterocycles. The number of esters is 2. The van der Waals surface area contributed by atoms with Gasteiger partial charge in [-0.1, -0.05) is 52.0 Å². The predicted molar refractivity (Wildman–Crippen MR) is 122 cm³/mol. The van der Waals surface area contributed by atoms with E-state index in [1.54, 1.807) is 24.3 Å². The largest absolute Gasteiger partial charge is 0.456 e. The van der Waals surface area contributed by atoms with Crippen LogP contribution in [0, 0.1) is 39.8 Å². The smallest absolute Gasteiger partial charge is 0.313 e. The molecular weight excluding hydrogens is 578 g/mol. The number of benzene rings is 3. The minimum Gasteiger partial charge on any atom is -0.456 e. The van der Waals surface area contributed by atoms with Crippen LogP contribution in [0.25, 0.3) is 0 Å². The average Bonchev–Trinajstić information content (AvgIpc) is 2.72. The van der Waals surface area contributed by atoms with Crippen molar-refractivity contribution in [2.75, 3.05) is 0 Å². The molecule has 170 valence electrons. The minimum atomic E-state index is -0.566. The van der Waals surface area contributed by atoms with Gasteiger partial charge in [0.15, 0.2) is 0 Å². The van der Waals surface area contributed by atoms with E-state index in [2.05, 4.69) is 12.1 Å².